The van der Waals surface area contributed by atoms with Gasteiger partial charge in [-0.1, -0.05) is 45.4 Å². The molecule has 0 aliphatic heterocycles. The maximum Gasteiger partial charge on any atom is 0.345 e. The molecule has 1 aromatic rings. The summed E-state index contributed by atoms with van der Waals surface area (Å²) < 4.78 is 20.7. The summed E-state index contributed by atoms with van der Waals surface area (Å²) in [6.07, 6.45) is 5.72. The first kappa shape index (κ1) is 24.9. The van der Waals surface area contributed by atoms with Crippen molar-refractivity contribution in [3.63, 3.8) is 0 Å². The molecule has 0 aromatic heterocycles. The van der Waals surface area contributed by atoms with Crippen LogP contribution in [0.3, 0.4) is 0 Å². The highest BCUT2D eigenvalue weighted by molar-refractivity contribution is 6.17. The number of hydrogen-bond acceptors (Lipinski definition) is 7. The van der Waals surface area contributed by atoms with Crippen LogP contribution in [0.15, 0.2) is 42.5 Å². The van der Waals surface area contributed by atoms with Crippen LogP contribution in [-0.2, 0) is 28.6 Å². The zero-order chi connectivity index (χ0) is 22.2. The van der Waals surface area contributed by atoms with Gasteiger partial charge in [0.05, 0.1) is 13.2 Å². The first-order valence-electron chi connectivity index (χ1n) is 10.1. The molecular weight excluding hydrogens is 388 g/mol. The van der Waals surface area contributed by atoms with Gasteiger partial charge in [-0.25, -0.2) is 14.4 Å². The van der Waals surface area contributed by atoms with E-state index in [-0.39, 0.29) is 32.0 Å². The molecule has 0 spiro atoms. The Morgan fingerprint density at radius 1 is 0.833 bits per heavy atom. The van der Waals surface area contributed by atoms with Gasteiger partial charge in [-0.05, 0) is 36.6 Å². The van der Waals surface area contributed by atoms with Crippen LogP contribution in [0, 0.1) is 0 Å². The van der Waals surface area contributed by atoms with Gasteiger partial charge in [-0.15, -0.1) is 0 Å². The Balaban J connectivity index is 2.78. The normalized spacial score (nSPS) is 9.93. The van der Waals surface area contributed by atoms with Gasteiger partial charge in [0.1, 0.15) is 24.5 Å². The largest absolute Gasteiger partial charge is 0.490 e. The fourth-order valence-corrected chi connectivity index (χ4v) is 2.16. The van der Waals surface area contributed by atoms with Gasteiger partial charge in [0.25, 0.3) is 0 Å². The van der Waals surface area contributed by atoms with Gasteiger partial charge < -0.3 is 18.9 Å². The maximum absolute atomic E-state index is 12.4. The molecule has 0 unspecified atom stereocenters. The van der Waals surface area contributed by atoms with Gasteiger partial charge in [-0.2, -0.15) is 0 Å². The monoisotopic (exact) mass is 418 g/mol. The lowest BCUT2D eigenvalue weighted by atomic mass is 10.1. The van der Waals surface area contributed by atoms with Crippen LogP contribution in [0.1, 0.15) is 45.1 Å². The van der Waals surface area contributed by atoms with E-state index < -0.39 is 17.9 Å². The Bertz CT molecular complexity index is 696. The third kappa shape index (κ3) is 9.91. The average Bonchev–Trinajstić information content (AvgIpc) is 2.75. The summed E-state index contributed by atoms with van der Waals surface area (Å²) in [5, 5.41) is 0. The van der Waals surface area contributed by atoms with E-state index in [4.69, 9.17) is 18.9 Å². The molecule has 0 saturated carbocycles. The van der Waals surface area contributed by atoms with Crippen LogP contribution in [0.25, 0.3) is 6.08 Å². The molecule has 7 heteroatoms. The molecule has 0 amide bonds. The van der Waals surface area contributed by atoms with Gasteiger partial charge in [-0.3, -0.25) is 0 Å². The van der Waals surface area contributed by atoms with Crippen molar-refractivity contribution in [1.82, 2.24) is 0 Å². The minimum absolute atomic E-state index is 0.101. The summed E-state index contributed by atoms with van der Waals surface area (Å²) in [6.45, 7) is 8.06. The summed E-state index contributed by atoms with van der Waals surface area (Å²) in [7, 11) is 0. The van der Waals surface area contributed by atoms with E-state index >= 15 is 0 Å². The number of hydrogen-bond donors (Lipinski definition) is 0. The number of benzene rings is 1. The molecule has 1 rings (SSSR count). The number of unbranched alkanes of at least 4 members (excludes halogenated alkanes) is 2. The van der Waals surface area contributed by atoms with E-state index in [9.17, 15) is 14.4 Å². The Hall–Kier alpha value is -3.09. The average molecular weight is 418 g/mol. The minimum Gasteiger partial charge on any atom is -0.490 e. The van der Waals surface area contributed by atoms with E-state index in [0.29, 0.717) is 11.3 Å². The smallest absolute Gasteiger partial charge is 0.345 e. The van der Waals surface area contributed by atoms with Crippen molar-refractivity contribution in [2.75, 3.05) is 26.4 Å². The first-order valence-corrected chi connectivity index (χ1v) is 10.1. The van der Waals surface area contributed by atoms with Crippen molar-refractivity contribution in [2.24, 2.45) is 0 Å². The van der Waals surface area contributed by atoms with E-state index in [2.05, 4.69) is 6.58 Å². The highest BCUT2D eigenvalue weighted by Crippen LogP contribution is 2.16. The summed E-state index contributed by atoms with van der Waals surface area (Å²) in [5.74, 6) is -1.36. The molecule has 7 nitrogen and oxygen atoms in total. The molecule has 1 aromatic carbocycles. The van der Waals surface area contributed by atoms with Crippen LogP contribution in [0.2, 0.25) is 0 Å². The SMILES string of the molecule is C=CC(=O)OCCOc1ccc(C=C(C(=O)OCCCC)C(=O)OCCCC)cc1. The molecule has 0 bridgehead atoms. The van der Waals surface area contributed by atoms with Crippen LogP contribution in [0.5, 0.6) is 5.75 Å². The predicted octanol–water partition coefficient (Wildman–Crippen LogP) is 3.86. The molecule has 0 heterocycles. The molecule has 0 N–H and O–H groups in total. The van der Waals surface area contributed by atoms with Crippen LogP contribution in [0.4, 0.5) is 0 Å². The summed E-state index contributed by atoms with van der Waals surface area (Å²) >= 11 is 0. The number of carbonyl (C=O) groups excluding carboxylic acids is 3. The van der Waals surface area contributed by atoms with E-state index in [1.165, 1.54) is 6.08 Å². The summed E-state index contributed by atoms with van der Waals surface area (Å²) in [4.78, 5) is 35.7. The first-order chi connectivity index (χ1) is 14.5. The quantitative estimate of drug-likeness (QED) is 0.113. The number of esters is 3. The molecule has 0 radical (unpaired) electrons. The van der Waals surface area contributed by atoms with Crippen LogP contribution >= 0.6 is 0 Å². The highest BCUT2D eigenvalue weighted by atomic mass is 16.6. The lowest BCUT2D eigenvalue weighted by Gasteiger charge is -2.09. The summed E-state index contributed by atoms with van der Waals surface area (Å²) in [6, 6.07) is 6.76. The van der Waals surface area contributed by atoms with E-state index in [1.807, 2.05) is 13.8 Å². The van der Waals surface area contributed by atoms with E-state index in [1.54, 1.807) is 24.3 Å². The second-order valence-corrected chi connectivity index (χ2v) is 6.33. The Kier molecular flexibility index (Phi) is 12.3. The van der Waals surface area contributed by atoms with Gasteiger partial charge in [0, 0.05) is 6.08 Å². The Morgan fingerprint density at radius 3 is 1.90 bits per heavy atom. The summed E-state index contributed by atoms with van der Waals surface area (Å²) in [5.41, 5.74) is 0.475. The molecule has 164 valence electrons. The molecule has 0 aliphatic carbocycles. The zero-order valence-corrected chi connectivity index (χ0v) is 17.7. The van der Waals surface area contributed by atoms with Crippen LogP contribution in [-0.4, -0.2) is 44.3 Å². The van der Waals surface area contributed by atoms with E-state index in [0.717, 1.165) is 31.8 Å². The fourth-order valence-electron chi connectivity index (χ4n) is 2.16. The second-order valence-electron chi connectivity index (χ2n) is 6.33. The van der Waals surface area contributed by atoms with Crippen molar-refractivity contribution >= 4 is 24.0 Å². The lowest BCUT2D eigenvalue weighted by molar-refractivity contribution is -0.147. The second kappa shape index (κ2) is 14.8. The van der Waals surface area contributed by atoms with Gasteiger partial charge in [0.15, 0.2) is 0 Å². The number of rotatable bonds is 14. The van der Waals surface area contributed by atoms with Crippen LogP contribution < -0.4 is 4.74 Å². The van der Waals surface area contributed by atoms with Crippen molar-refractivity contribution in [3.8, 4) is 5.75 Å². The van der Waals surface area contributed by atoms with Crippen molar-refractivity contribution in [2.45, 2.75) is 39.5 Å². The van der Waals surface area contributed by atoms with Gasteiger partial charge in [0.2, 0.25) is 0 Å². The topological polar surface area (TPSA) is 88.1 Å². The number of carbonyl (C=O) groups is 3. The van der Waals surface area contributed by atoms with Crippen molar-refractivity contribution in [1.29, 1.82) is 0 Å². The standard InChI is InChI=1S/C23H30O7/c1-4-7-13-29-22(25)20(23(26)30-14-8-5-2)17-18-9-11-19(12-10-18)27-15-16-28-21(24)6-3/h6,9-12,17H,3-5,7-8,13-16H2,1-2H3. The Morgan fingerprint density at radius 2 is 1.40 bits per heavy atom. The molecule has 0 atom stereocenters. The fraction of sp³-hybridized carbons (Fsp3) is 0.435. The highest BCUT2D eigenvalue weighted by Gasteiger charge is 2.21. The Labute approximate surface area is 177 Å². The molecule has 30 heavy (non-hydrogen) atoms. The molecule has 0 fully saturated rings. The van der Waals surface area contributed by atoms with Gasteiger partial charge >= 0.3 is 17.9 Å². The molecule has 0 saturated heterocycles. The third-order valence-corrected chi connectivity index (χ3v) is 3.86. The maximum atomic E-state index is 12.4. The zero-order valence-electron chi connectivity index (χ0n) is 17.7. The molecule has 0 aliphatic rings. The minimum atomic E-state index is -0.700. The predicted molar refractivity (Wildman–Crippen MR) is 113 cm³/mol. The van der Waals surface area contributed by atoms with Crippen molar-refractivity contribution < 1.29 is 33.3 Å². The third-order valence-electron chi connectivity index (χ3n) is 3.86. The molecular formula is C23H30O7. The lowest BCUT2D eigenvalue weighted by Crippen LogP contribution is -2.19. The number of ether oxygens (including phenoxy) is 4. The van der Waals surface area contributed by atoms with Crippen molar-refractivity contribution in [3.05, 3.63) is 48.1 Å².